The maximum Gasteiger partial charge on any atom is 0.240 e. The van der Waals surface area contributed by atoms with Crippen LogP contribution in [0.2, 0.25) is 5.02 Å². The molecule has 2 atom stereocenters. The summed E-state index contributed by atoms with van der Waals surface area (Å²) in [6.45, 7) is 1.83. The number of benzene rings is 1. The van der Waals surface area contributed by atoms with Crippen LogP contribution in [0.1, 0.15) is 44.6 Å². The summed E-state index contributed by atoms with van der Waals surface area (Å²) in [5.74, 6) is 0.401. The van der Waals surface area contributed by atoms with E-state index in [1.165, 1.54) is 24.6 Å². The highest BCUT2D eigenvalue weighted by atomic mass is 35.5. The highest BCUT2D eigenvalue weighted by Crippen LogP contribution is 2.28. The van der Waals surface area contributed by atoms with Crippen LogP contribution in [0.15, 0.2) is 23.1 Å². The van der Waals surface area contributed by atoms with Crippen molar-refractivity contribution in [3.05, 3.63) is 28.8 Å². The fourth-order valence-electron chi connectivity index (χ4n) is 2.96. The van der Waals surface area contributed by atoms with Crippen LogP contribution in [0.25, 0.3) is 0 Å². The van der Waals surface area contributed by atoms with Gasteiger partial charge in [0.05, 0.1) is 11.5 Å². The van der Waals surface area contributed by atoms with Gasteiger partial charge in [0, 0.05) is 11.1 Å². The Morgan fingerprint density at radius 2 is 2.05 bits per heavy atom. The minimum atomic E-state index is -3.57. The number of rotatable bonds is 5. The van der Waals surface area contributed by atoms with E-state index in [1.807, 2.05) is 0 Å². The summed E-state index contributed by atoms with van der Waals surface area (Å²) in [5.41, 5.74) is 0.426. The van der Waals surface area contributed by atoms with Gasteiger partial charge in [0.25, 0.3) is 0 Å². The quantitative estimate of drug-likeness (QED) is 0.871. The van der Waals surface area contributed by atoms with Gasteiger partial charge in [-0.15, -0.1) is 0 Å². The van der Waals surface area contributed by atoms with Crippen molar-refractivity contribution in [2.75, 3.05) is 0 Å². The van der Waals surface area contributed by atoms with E-state index in [-0.39, 0.29) is 17.5 Å². The molecule has 0 amide bonds. The number of aliphatic hydroxyl groups is 1. The van der Waals surface area contributed by atoms with E-state index < -0.39 is 10.0 Å². The smallest absolute Gasteiger partial charge is 0.240 e. The van der Waals surface area contributed by atoms with Crippen molar-refractivity contribution in [1.82, 2.24) is 4.72 Å². The van der Waals surface area contributed by atoms with Crippen LogP contribution in [0.3, 0.4) is 0 Å². The van der Waals surface area contributed by atoms with Crippen LogP contribution in [0.5, 0.6) is 0 Å². The Labute approximate surface area is 131 Å². The fraction of sp³-hybridized carbons (Fsp3) is 0.600. The zero-order valence-electron chi connectivity index (χ0n) is 12.2. The standard InChI is InChI=1S/C15H22ClNO3S/c1-2-11-5-3-4-6-15(11)17-21(19,20)13-7-8-14(16)12(9-13)10-18/h7-9,11,15,17-18H,2-6,10H2,1H3. The zero-order chi connectivity index (χ0) is 15.5. The third-order valence-corrected chi connectivity index (χ3v) is 6.09. The molecule has 0 bridgehead atoms. The number of halogens is 1. The summed E-state index contributed by atoms with van der Waals surface area (Å²) in [6.07, 6.45) is 5.18. The molecule has 6 heteroatoms. The lowest BCUT2D eigenvalue weighted by atomic mass is 9.83. The molecule has 4 nitrogen and oxygen atoms in total. The Hall–Kier alpha value is -0.620. The van der Waals surface area contributed by atoms with Crippen molar-refractivity contribution in [3.63, 3.8) is 0 Å². The first kappa shape index (κ1) is 16.7. The molecule has 118 valence electrons. The van der Waals surface area contributed by atoms with E-state index in [2.05, 4.69) is 11.6 Å². The molecule has 0 radical (unpaired) electrons. The van der Waals surface area contributed by atoms with Gasteiger partial charge in [0.1, 0.15) is 0 Å². The van der Waals surface area contributed by atoms with E-state index in [0.29, 0.717) is 16.5 Å². The van der Waals surface area contributed by atoms with Crippen LogP contribution >= 0.6 is 11.6 Å². The highest BCUT2D eigenvalue weighted by molar-refractivity contribution is 7.89. The van der Waals surface area contributed by atoms with Gasteiger partial charge < -0.3 is 5.11 Å². The van der Waals surface area contributed by atoms with Crippen molar-refractivity contribution in [2.45, 2.75) is 56.6 Å². The van der Waals surface area contributed by atoms with Crippen LogP contribution in [-0.4, -0.2) is 19.6 Å². The Bertz CT molecular complexity index is 589. The molecule has 2 unspecified atom stereocenters. The highest BCUT2D eigenvalue weighted by Gasteiger charge is 2.28. The lowest BCUT2D eigenvalue weighted by Crippen LogP contribution is -2.41. The molecule has 0 aromatic heterocycles. The van der Waals surface area contributed by atoms with Crippen LogP contribution in [0.4, 0.5) is 0 Å². The van der Waals surface area contributed by atoms with Gasteiger partial charge in [-0.2, -0.15) is 0 Å². The molecule has 0 saturated heterocycles. The van der Waals surface area contributed by atoms with Gasteiger partial charge >= 0.3 is 0 Å². The monoisotopic (exact) mass is 331 g/mol. The third kappa shape index (κ3) is 3.97. The van der Waals surface area contributed by atoms with Crippen molar-refractivity contribution >= 4 is 21.6 Å². The molecule has 0 heterocycles. The maximum atomic E-state index is 12.5. The minimum Gasteiger partial charge on any atom is -0.392 e. The van der Waals surface area contributed by atoms with E-state index in [0.717, 1.165) is 25.7 Å². The van der Waals surface area contributed by atoms with Crippen molar-refractivity contribution in [2.24, 2.45) is 5.92 Å². The second kappa shape index (κ2) is 7.09. The second-order valence-corrected chi connectivity index (χ2v) is 7.71. The average molecular weight is 332 g/mol. The molecule has 1 aliphatic carbocycles. The molecule has 2 N–H and O–H groups in total. The van der Waals surface area contributed by atoms with Crippen LogP contribution < -0.4 is 4.72 Å². The van der Waals surface area contributed by atoms with E-state index >= 15 is 0 Å². The number of sulfonamides is 1. The number of hydrogen-bond donors (Lipinski definition) is 2. The average Bonchev–Trinajstić information content (AvgIpc) is 2.47. The summed E-state index contributed by atoms with van der Waals surface area (Å²) < 4.78 is 27.8. The summed E-state index contributed by atoms with van der Waals surface area (Å²) in [4.78, 5) is 0.163. The van der Waals surface area contributed by atoms with Crippen molar-refractivity contribution in [1.29, 1.82) is 0 Å². The predicted octanol–water partition coefficient (Wildman–Crippen LogP) is 3.08. The van der Waals surface area contributed by atoms with Gasteiger partial charge in [-0.1, -0.05) is 37.8 Å². The summed E-state index contributed by atoms with van der Waals surface area (Å²) in [5, 5.41) is 9.59. The summed E-state index contributed by atoms with van der Waals surface area (Å²) in [7, 11) is -3.57. The molecule has 1 fully saturated rings. The Kier molecular flexibility index (Phi) is 5.66. The normalized spacial score (nSPS) is 23.2. The molecule has 1 saturated carbocycles. The Morgan fingerprint density at radius 1 is 1.33 bits per heavy atom. The van der Waals surface area contributed by atoms with Gasteiger partial charge in [-0.3, -0.25) is 0 Å². The third-order valence-electron chi connectivity index (χ3n) is 4.24. The van der Waals surface area contributed by atoms with Crippen molar-refractivity contribution in [3.8, 4) is 0 Å². The molecule has 1 aromatic rings. The lowest BCUT2D eigenvalue weighted by Gasteiger charge is -2.31. The molecular formula is C15H22ClNO3S. The number of hydrogen-bond acceptors (Lipinski definition) is 3. The van der Waals surface area contributed by atoms with Gasteiger partial charge in [-0.25, -0.2) is 13.1 Å². The second-order valence-electron chi connectivity index (χ2n) is 5.59. The molecule has 1 aromatic carbocycles. The molecule has 2 rings (SSSR count). The maximum absolute atomic E-state index is 12.5. The Balaban J connectivity index is 2.21. The number of nitrogens with one attached hydrogen (secondary N) is 1. The minimum absolute atomic E-state index is 0.00186. The predicted molar refractivity (Wildman–Crippen MR) is 83.7 cm³/mol. The largest absolute Gasteiger partial charge is 0.392 e. The fourth-order valence-corrected chi connectivity index (χ4v) is 4.53. The molecule has 0 aliphatic heterocycles. The van der Waals surface area contributed by atoms with Crippen LogP contribution in [0, 0.1) is 5.92 Å². The first-order valence-corrected chi connectivity index (χ1v) is 9.25. The molecular weight excluding hydrogens is 310 g/mol. The lowest BCUT2D eigenvalue weighted by molar-refractivity contribution is 0.281. The first-order valence-electron chi connectivity index (χ1n) is 7.39. The van der Waals surface area contributed by atoms with E-state index in [9.17, 15) is 13.5 Å². The van der Waals surface area contributed by atoms with E-state index in [4.69, 9.17) is 11.6 Å². The Morgan fingerprint density at radius 3 is 2.71 bits per heavy atom. The first-order chi connectivity index (χ1) is 9.97. The number of aliphatic hydroxyl groups excluding tert-OH is 1. The SMILES string of the molecule is CCC1CCCCC1NS(=O)(=O)c1ccc(Cl)c(CO)c1. The molecule has 0 spiro atoms. The van der Waals surface area contributed by atoms with Gasteiger partial charge in [0.2, 0.25) is 10.0 Å². The van der Waals surface area contributed by atoms with Gasteiger partial charge in [-0.05, 0) is 42.5 Å². The van der Waals surface area contributed by atoms with Crippen LogP contribution in [-0.2, 0) is 16.6 Å². The zero-order valence-corrected chi connectivity index (χ0v) is 13.8. The molecule has 21 heavy (non-hydrogen) atoms. The molecule has 1 aliphatic rings. The topological polar surface area (TPSA) is 66.4 Å². The van der Waals surface area contributed by atoms with E-state index in [1.54, 1.807) is 0 Å². The van der Waals surface area contributed by atoms with Gasteiger partial charge in [0.15, 0.2) is 0 Å². The summed E-state index contributed by atoms with van der Waals surface area (Å²) in [6, 6.07) is 4.43. The summed E-state index contributed by atoms with van der Waals surface area (Å²) >= 11 is 5.91. The van der Waals surface area contributed by atoms with Crippen molar-refractivity contribution < 1.29 is 13.5 Å².